The minimum atomic E-state index is -0.441. The number of nitrogen functional groups attached to an aromatic ring is 1. The van der Waals surface area contributed by atoms with Gasteiger partial charge in [0.2, 0.25) is 5.91 Å². The molecule has 8 nitrogen and oxygen atoms in total. The molecular formula is C12H11N5O3S. The minimum Gasteiger partial charge on any atom is -0.388 e. The number of amides is 1. The zero-order valence-corrected chi connectivity index (χ0v) is 11.7. The Labute approximate surface area is 123 Å². The molecule has 0 radical (unpaired) electrons. The van der Waals surface area contributed by atoms with Crippen molar-refractivity contribution in [2.45, 2.75) is 19.4 Å². The summed E-state index contributed by atoms with van der Waals surface area (Å²) in [6.07, 6.45) is 0.808. The number of nitro benzene ring substituents is 1. The molecule has 21 heavy (non-hydrogen) atoms. The van der Waals surface area contributed by atoms with E-state index in [-0.39, 0.29) is 18.1 Å². The topological polar surface area (TPSA) is 115 Å². The van der Waals surface area contributed by atoms with Crippen molar-refractivity contribution >= 4 is 33.8 Å². The predicted octanol–water partition coefficient (Wildman–Crippen LogP) is 1.51. The van der Waals surface area contributed by atoms with E-state index in [2.05, 4.69) is 9.59 Å². The van der Waals surface area contributed by atoms with Crippen LogP contribution in [-0.4, -0.2) is 20.4 Å². The van der Waals surface area contributed by atoms with Crippen LogP contribution in [0.25, 0.3) is 0 Å². The number of rotatable bonds is 3. The molecule has 1 aromatic carbocycles. The number of fused-ring (bicyclic) bond motifs is 1. The van der Waals surface area contributed by atoms with Crippen LogP contribution >= 0.6 is 11.5 Å². The van der Waals surface area contributed by atoms with Crippen LogP contribution in [0.3, 0.4) is 0 Å². The van der Waals surface area contributed by atoms with Gasteiger partial charge < -0.3 is 10.6 Å². The number of nitrogens with two attached hydrogens (primary N) is 1. The maximum atomic E-state index is 12.1. The monoisotopic (exact) mass is 305 g/mol. The molecule has 0 atom stereocenters. The van der Waals surface area contributed by atoms with Crippen molar-refractivity contribution in [3.05, 3.63) is 39.6 Å². The number of non-ortho nitro benzene ring substituents is 1. The molecule has 0 unspecified atom stereocenters. The summed E-state index contributed by atoms with van der Waals surface area (Å²) < 4.78 is 3.74. The van der Waals surface area contributed by atoms with Gasteiger partial charge in [0.25, 0.3) is 5.69 Å². The van der Waals surface area contributed by atoms with Crippen LogP contribution in [0.5, 0.6) is 0 Å². The number of benzene rings is 1. The molecule has 0 saturated heterocycles. The first-order valence-corrected chi connectivity index (χ1v) is 6.98. The first kappa shape index (κ1) is 13.4. The average Bonchev–Trinajstić information content (AvgIpc) is 2.87. The van der Waals surface area contributed by atoms with E-state index in [1.807, 2.05) is 0 Å². The van der Waals surface area contributed by atoms with Crippen molar-refractivity contribution in [1.82, 2.24) is 9.59 Å². The van der Waals surface area contributed by atoms with Gasteiger partial charge in [-0.3, -0.25) is 14.9 Å². The Kier molecular flexibility index (Phi) is 3.26. The molecule has 2 aromatic rings. The normalized spacial score (nSPS) is 14.1. The zero-order valence-electron chi connectivity index (χ0n) is 10.9. The summed E-state index contributed by atoms with van der Waals surface area (Å²) in [7, 11) is 0. The van der Waals surface area contributed by atoms with E-state index in [1.165, 1.54) is 12.1 Å². The minimum absolute atomic E-state index is 0.0258. The molecule has 1 aromatic heterocycles. The van der Waals surface area contributed by atoms with Gasteiger partial charge in [-0.2, -0.15) is 0 Å². The largest absolute Gasteiger partial charge is 0.388 e. The molecule has 0 spiro atoms. The third-order valence-corrected chi connectivity index (χ3v) is 3.96. The van der Waals surface area contributed by atoms with Gasteiger partial charge in [0.1, 0.15) is 10.7 Å². The maximum Gasteiger partial charge on any atom is 0.269 e. The number of hydrogen-bond acceptors (Lipinski definition) is 7. The molecule has 9 heteroatoms. The molecule has 2 N–H and O–H groups in total. The van der Waals surface area contributed by atoms with E-state index in [1.54, 1.807) is 11.0 Å². The summed E-state index contributed by atoms with van der Waals surface area (Å²) >= 11 is 1.07. The summed E-state index contributed by atoms with van der Waals surface area (Å²) in [6.45, 7) is 0.228. The fourth-order valence-corrected chi connectivity index (χ4v) is 2.75. The molecule has 0 aliphatic carbocycles. The molecule has 1 aliphatic heterocycles. The summed E-state index contributed by atoms with van der Waals surface area (Å²) in [5.41, 5.74) is 7.77. The highest BCUT2D eigenvalue weighted by molar-refractivity contribution is 7.09. The zero-order chi connectivity index (χ0) is 15.0. The number of carbonyl (C=O) groups is 1. The van der Waals surface area contributed by atoms with Crippen molar-refractivity contribution in [2.24, 2.45) is 0 Å². The Morgan fingerprint density at radius 1 is 1.43 bits per heavy atom. The Hall–Kier alpha value is -2.55. The fraction of sp³-hybridized carbons (Fsp3) is 0.250. The maximum absolute atomic E-state index is 12.1. The van der Waals surface area contributed by atoms with Gasteiger partial charge in [0, 0.05) is 35.8 Å². The Morgan fingerprint density at radius 3 is 2.90 bits per heavy atom. The second-order valence-electron chi connectivity index (χ2n) is 4.63. The van der Waals surface area contributed by atoms with Gasteiger partial charge in [-0.1, -0.05) is 4.49 Å². The lowest BCUT2D eigenvalue weighted by Gasteiger charge is -2.28. The Morgan fingerprint density at radius 2 is 2.24 bits per heavy atom. The van der Waals surface area contributed by atoms with Crippen molar-refractivity contribution in [1.29, 1.82) is 0 Å². The Bertz CT molecular complexity index is 729. The summed E-state index contributed by atoms with van der Waals surface area (Å²) in [5, 5.41) is 15.2. The van der Waals surface area contributed by atoms with Gasteiger partial charge in [-0.25, -0.2) is 0 Å². The number of anilines is 2. The summed E-state index contributed by atoms with van der Waals surface area (Å²) in [6, 6.07) is 4.50. The lowest BCUT2D eigenvalue weighted by molar-refractivity contribution is -0.384. The van der Waals surface area contributed by atoms with Gasteiger partial charge in [0.15, 0.2) is 0 Å². The van der Waals surface area contributed by atoms with Gasteiger partial charge in [-0.15, -0.1) is 5.10 Å². The van der Waals surface area contributed by atoms with Gasteiger partial charge in [-0.05, 0) is 18.1 Å². The number of hydrogen-bond donors (Lipinski definition) is 1. The van der Waals surface area contributed by atoms with E-state index in [0.717, 1.165) is 17.1 Å². The number of carbonyl (C=O) groups excluding carboxylic acids is 1. The van der Waals surface area contributed by atoms with Gasteiger partial charge in [0.05, 0.1) is 11.5 Å². The first-order chi connectivity index (χ1) is 10.1. The molecule has 1 amide bonds. The first-order valence-electron chi connectivity index (χ1n) is 6.20. The highest BCUT2D eigenvalue weighted by Gasteiger charge is 2.27. The summed E-state index contributed by atoms with van der Waals surface area (Å²) in [4.78, 5) is 24.1. The van der Waals surface area contributed by atoms with Crippen LogP contribution in [-0.2, 0) is 17.8 Å². The lowest BCUT2D eigenvalue weighted by atomic mass is 10.0. The molecular weight excluding hydrogens is 294 g/mol. The van der Waals surface area contributed by atoms with Crippen LogP contribution in [0.15, 0.2) is 18.2 Å². The molecule has 1 aliphatic rings. The fourth-order valence-electron chi connectivity index (χ4n) is 2.31. The summed E-state index contributed by atoms with van der Waals surface area (Å²) in [5.74, 6) is -0.0521. The SMILES string of the molecule is Nc1snnc1CN1C(=O)CCc2cc([N+](=O)[O-])ccc21. The molecule has 2 heterocycles. The van der Waals surface area contributed by atoms with Crippen LogP contribution < -0.4 is 10.6 Å². The van der Waals surface area contributed by atoms with Crippen LogP contribution in [0.1, 0.15) is 17.7 Å². The molecule has 108 valence electrons. The number of nitrogens with zero attached hydrogens (tertiary/aromatic N) is 4. The molecule has 0 bridgehead atoms. The van der Waals surface area contributed by atoms with E-state index >= 15 is 0 Å². The molecule has 0 saturated carbocycles. The highest BCUT2D eigenvalue weighted by atomic mass is 32.1. The molecule has 0 fully saturated rings. The average molecular weight is 305 g/mol. The van der Waals surface area contributed by atoms with Crippen LogP contribution in [0.2, 0.25) is 0 Å². The van der Waals surface area contributed by atoms with Crippen molar-refractivity contribution in [2.75, 3.05) is 10.6 Å². The quantitative estimate of drug-likeness (QED) is 0.678. The van der Waals surface area contributed by atoms with Crippen molar-refractivity contribution in [3.63, 3.8) is 0 Å². The van der Waals surface area contributed by atoms with Crippen LogP contribution in [0, 0.1) is 10.1 Å². The standard InChI is InChI=1S/C12H11N5O3S/c13-12-9(14-15-21-12)6-16-10-3-2-8(17(19)20)5-7(10)1-4-11(16)18/h2-3,5H,1,4,6,13H2. The highest BCUT2D eigenvalue weighted by Crippen LogP contribution is 2.32. The van der Waals surface area contributed by atoms with E-state index < -0.39 is 4.92 Å². The van der Waals surface area contributed by atoms with Crippen LogP contribution in [0.4, 0.5) is 16.4 Å². The van der Waals surface area contributed by atoms with Gasteiger partial charge >= 0.3 is 0 Å². The second kappa shape index (κ2) is 5.09. The number of aryl methyl sites for hydroxylation is 1. The lowest BCUT2D eigenvalue weighted by Crippen LogP contribution is -2.34. The third kappa shape index (κ3) is 2.42. The second-order valence-corrected chi connectivity index (χ2v) is 5.42. The number of aromatic nitrogens is 2. The number of nitro groups is 1. The van der Waals surface area contributed by atoms with E-state index in [4.69, 9.17) is 5.73 Å². The van der Waals surface area contributed by atoms with Crippen molar-refractivity contribution < 1.29 is 9.72 Å². The van der Waals surface area contributed by atoms with E-state index in [9.17, 15) is 14.9 Å². The smallest absolute Gasteiger partial charge is 0.269 e. The predicted molar refractivity (Wildman–Crippen MR) is 76.9 cm³/mol. The Balaban J connectivity index is 1.97. The van der Waals surface area contributed by atoms with Crippen molar-refractivity contribution in [3.8, 4) is 0 Å². The molecule has 3 rings (SSSR count). The van der Waals surface area contributed by atoms with E-state index in [0.29, 0.717) is 29.2 Å². The third-order valence-electron chi connectivity index (χ3n) is 3.37.